The molecule has 0 aliphatic carbocycles. The summed E-state index contributed by atoms with van der Waals surface area (Å²) in [5.74, 6) is 2.18. The van der Waals surface area contributed by atoms with Crippen molar-refractivity contribution in [3.8, 4) is 39.8 Å². The molecule has 0 aliphatic rings. The number of hydrogen-bond acceptors (Lipinski definition) is 6. The second-order valence-electron chi connectivity index (χ2n) is 9.07. The number of nitrogens with zero attached hydrogens (tertiary/aromatic N) is 2. The van der Waals surface area contributed by atoms with Gasteiger partial charge in [-0.25, -0.2) is 9.97 Å². The van der Waals surface area contributed by atoms with E-state index in [1.165, 1.54) is 0 Å². The fraction of sp³-hybridized carbons (Fsp3) is 0.182. The van der Waals surface area contributed by atoms with Crippen LogP contribution in [0.4, 0.5) is 0 Å². The van der Waals surface area contributed by atoms with Crippen LogP contribution < -0.4 is 19.5 Å². The fourth-order valence-corrected chi connectivity index (χ4v) is 4.38. The van der Waals surface area contributed by atoms with Gasteiger partial charge in [0.25, 0.3) is 5.91 Å². The standard InChI is InChI=1S/C33H31N3O4/c1-4-39-27-15-8-23(9-16-27)31-32(24-10-17-28(18-11-24)40-5-2)36-30-20-25(12-19-29(30)35-31)33(37)34-21-22-6-13-26(38-3)14-7-22/h6-20H,4-5,21H2,1-3H3,(H,34,37). The van der Waals surface area contributed by atoms with Gasteiger partial charge in [0.1, 0.15) is 17.2 Å². The van der Waals surface area contributed by atoms with E-state index in [9.17, 15) is 4.79 Å². The minimum Gasteiger partial charge on any atom is -0.497 e. The molecule has 7 nitrogen and oxygen atoms in total. The lowest BCUT2D eigenvalue weighted by Crippen LogP contribution is -2.22. The summed E-state index contributed by atoms with van der Waals surface area (Å²) in [4.78, 5) is 23.0. The molecule has 1 heterocycles. The van der Waals surface area contributed by atoms with Crippen LogP contribution in [0.2, 0.25) is 0 Å². The van der Waals surface area contributed by atoms with Gasteiger partial charge in [0.05, 0.1) is 42.7 Å². The smallest absolute Gasteiger partial charge is 0.251 e. The van der Waals surface area contributed by atoms with Crippen LogP contribution in [-0.2, 0) is 6.54 Å². The van der Waals surface area contributed by atoms with E-state index >= 15 is 0 Å². The van der Waals surface area contributed by atoms with Crippen LogP contribution in [0.1, 0.15) is 29.8 Å². The Balaban J connectivity index is 1.49. The van der Waals surface area contributed by atoms with Gasteiger partial charge < -0.3 is 19.5 Å². The Kier molecular flexibility index (Phi) is 8.21. The summed E-state index contributed by atoms with van der Waals surface area (Å²) >= 11 is 0. The molecule has 0 spiro atoms. The number of rotatable bonds is 10. The van der Waals surface area contributed by atoms with Crippen molar-refractivity contribution in [1.82, 2.24) is 15.3 Å². The molecular formula is C33H31N3O4. The number of aromatic nitrogens is 2. The average molecular weight is 534 g/mol. The van der Waals surface area contributed by atoms with E-state index in [-0.39, 0.29) is 5.91 Å². The van der Waals surface area contributed by atoms with E-state index < -0.39 is 0 Å². The molecule has 1 amide bonds. The summed E-state index contributed by atoms with van der Waals surface area (Å²) in [6.45, 7) is 5.51. The number of amides is 1. The van der Waals surface area contributed by atoms with E-state index in [1.807, 2.05) is 92.7 Å². The highest BCUT2D eigenvalue weighted by Gasteiger charge is 2.16. The highest BCUT2D eigenvalue weighted by atomic mass is 16.5. The number of benzene rings is 4. The number of ether oxygens (including phenoxy) is 3. The van der Waals surface area contributed by atoms with Crippen LogP contribution in [0.15, 0.2) is 91.0 Å². The van der Waals surface area contributed by atoms with E-state index in [1.54, 1.807) is 19.2 Å². The number of nitrogens with one attached hydrogen (secondary N) is 1. The van der Waals surface area contributed by atoms with Crippen LogP contribution in [0.3, 0.4) is 0 Å². The van der Waals surface area contributed by atoms with Crippen molar-refractivity contribution in [2.75, 3.05) is 20.3 Å². The molecule has 0 atom stereocenters. The number of carbonyl (C=O) groups excluding carboxylic acids is 1. The Morgan fingerprint density at radius 2 is 1.20 bits per heavy atom. The first-order valence-corrected chi connectivity index (χ1v) is 13.3. The van der Waals surface area contributed by atoms with Crippen molar-refractivity contribution in [2.45, 2.75) is 20.4 Å². The second kappa shape index (κ2) is 12.3. The maximum absolute atomic E-state index is 13.0. The minimum atomic E-state index is -0.183. The number of fused-ring (bicyclic) bond motifs is 1. The summed E-state index contributed by atoms with van der Waals surface area (Å²) in [6.07, 6.45) is 0. The van der Waals surface area contributed by atoms with Gasteiger partial charge in [-0.05, 0) is 98.3 Å². The van der Waals surface area contributed by atoms with Crippen molar-refractivity contribution in [1.29, 1.82) is 0 Å². The third kappa shape index (κ3) is 6.04. The summed E-state index contributed by atoms with van der Waals surface area (Å²) in [7, 11) is 1.63. The van der Waals surface area contributed by atoms with Gasteiger partial charge >= 0.3 is 0 Å². The molecule has 0 unspecified atom stereocenters. The van der Waals surface area contributed by atoms with Crippen molar-refractivity contribution >= 4 is 16.9 Å². The predicted molar refractivity (Wildman–Crippen MR) is 157 cm³/mol. The molecule has 0 bridgehead atoms. The third-order valence-corrected chi connectivity index (χ3v) is 6.42. The molecular weight excluding hydrogens is 502 g/mol. The molecule has 4 aromatic carbocycles. The topological polar surface area (TPSA) is 82.6 Å². The maximum Gasteiger partial charge on any atom is 0.251 e. The molecule has 202 valence electrons. The molecule has 0 aliphatic heterocycles. The minimum absolute atomic E-state index is 0.183. The maximum atomic E-state index is 13.0. The number of methoxy groups -OCH3 is 1. The molecule has 40 heavy (non-hydrogen) atoms. The largest absolute Gasteiger partial charge is 0.497 e. The zero-order valence-electron chi connectivity index (χ0n) is 22.8. The van der Waals surface area contributed by atoms with Crippen LogP contribution in [0.25, 0.3) is 33.5 Å². The molecule has 0 saturated carbocycles. The van der Waals surface area contributed by atoms with Crippen molar-refractivity contribution in [3.63, 3.8) is 0 Å². The van der Waals surface area contributed by atoms with Gasteiger partial charge in [-0.2, -0.15) is 0 Å². The zero-order valence-corrected chi connectivity index (χ0v) is 22.8. The molecule has 0 saturated heterocycles. The Morgan fingerprint density at radius 1 is 0.675 bits per heavy atom. The molecule has 0 fully saturated rings. The molecule has 1 aromatic heterocycles. The van der Waals surface area contributed by atoms with Crippen molar-refractivity contribution in [2.24, 2.45) is 0 Å². The lowest BCUT2D eigenvalue weighted by atomic mass is 10.0. The van der Waals surface area contributed by atoms with Crippen molar-refractivity contribution < 1.29 is 19.0 Å². The monoisotopic (exact) mass is 533 g/mol. The zero-order chi connectivity index (χ0) is 27.9. The normalized spacial score (nSPS) is 10.8. The van der Waals surface area contributed by atoms with Crippen LogP contribution in [0.5, 0.6) is 17.2 Å². The first-order valence-electron chi connectivity index (χ1n) is 13.3. The van der Waals surface area contributed by atoms with Gasteiger partial charge in [0.15, 0.2) is 0 Å². The summed E-state index contributed by atoms with van der Waals surface area (Å²) in [6, 6.07) is 28.6. The van der Waals surface area contributed by atoms with E-state index in [0.717, 1.165) is 45.3 Å². The first kappa shape index (κ1) is 26.7. The Morgan fingerprint density at radius 3 is 1.73 bits per heavy atom. The van der Waals surface area contributed by atoms with Crippen LogP contribution in [-0.4, -0.2) is 36.2 Å². The van der Waals surface area contributed by atoms with Crippen LogP contribution in [0, 0.1) is 0 Å². The summed E-state index contributed by atoms with van der Waals surface area (Å²) in [5.41, 5.74) is 6.11. The Bertz CT molecular complexity index is 1600. The van der Waals surface area contributed by atoms with Gasteiger partial charge in [-0.15, -0.1) is 0 Å². The van der Waals surface area contributed by atoms with Gasteiger partial charge in [-0.1, -0.05) is 12.1 Å². The Labute approximate surface area is 233 Å². The van der Waals surface area contributed by atoms with Gasteiger partial charge in [-0.3, -0.25) is 4.79 Å². The third-order valence-electron chi connectivity index (χ3n) is 6.42. The first-order chi connectivity index (χ1) is 19.6. The average Bonchev–Trinajstić information content (AvgIpc) is 3.00. The summed E-state index contributed by atoms with van der Waals surface area (Å²) < 4.78 is 16.4. The molecule has 7 heteroatoms. The van der Waals surface area contributed by atoms with E-state index in [2.05, 4.69) is 5.32 Å². The van der Waals surface area contributed by atoms with E-state index in [4.69, 9.17) is 24.2 Å². The fourth-order valence-electron chi connectivity index (χ4n) is 4.38. The molecule has 5 aromatic rings. The lowest BCUT2D eigenvalue weighted by molar-refractivity contribution is 0.0951. The van der Waals surface area contributed by atoms with Gasteiger partial charge in [0.2, 0.25) is 0 Å². The highest BCUT2D eigenvalue weighted by Crippen LogP contribution is 2.33. The van der Waals surface area contributed by atoms with Gasteiger partial charge in [0, 0.05) is 23.2 Å². The van der Waals surface area contributed by atoms with Crippen molar-refractivity contribution in [3.05, 3.63) is 102 Å². The quantitative estimate of drug-likeness (QED) is 0.215. The summed E-state index contributed by atoms with van der Waals surface area (Å²) in [5, 5.41) is 2.98. The molecule has 5 rings (SSSR count). The predicted octanol–water partition coefficient (Wildman–Crippen LogP) is 6.70. The number of hydrogen-bond donors (Lipinski definition) is 1. The highest BCUT2D eigenvalue weighted by molar-refractivity contribution is 5.98. The van der Waals surface area contributed by atoms with Crippen LogP contribution >= 0.6 is 0 Å². The molecule has 0 radical (unpaired) electrons. The molecule has 1 N–H and O–H groups in total. The SMILES string of the molecule is CCOc1ccc(-c2nc3ccc(C(=O)NCc4ccc(OC)cc4)cc3nc2-c2ccc(OCC)cc2)cc1. The second-order valence-corrected chi connectivity index (χ2v) is 9.07. The lowest BCUT2D eigenvalue weighted by Gasteiger charge is -2.13. The number of carbonyl (C=O) groups is 1. The Hall–Kier alpha value is -4.91. The van der Waals surface area contributed by atoms with E-state index in [0.29, 0.717) is 36.4 Å².